The first kappa shape index (κ1) is 17.1. The fraction of sp³-hybridized carbons (Fsp3) is 0. The minimum atomic E-state index is 1.33. The molecule has 2 heteroatoms. The Labute approximate surface area is 191 Å². The minimum absolute atomic E-state index is 1.33. The first-order chi connectivity index (χ1) is 15.9. The van der Waals surface area contributed by atoms with Gasteiger partial charge in [0, 0.05) is 20.2 Å². The van der Waals surface area contributed by atoms with Gasteiger partial charge in [0.15, 0.2) is 0 Å². The SMILES string of the molecule is c1cc2c(ccc3c2ccc2c3ccc3c4ccc5c6ccsc6ccc5c4ccc23)s1. The molecular weight excluding hydrogens is 424 g/mol. The van der Waals surface area contributed by atoms with Crippen LogP contribution in [0.4, 0.5) is 0 Å². The summed E-state index contributed by atoms with van der Waals surface area (Å²) in [6.45, 7) is 0. The zero-order valence-electron chi connectivity index (χ0n) is 17.1. The quantitative estimate of drug-likeness (QED) is 0.206. The van der Waals surface area contributed by atoms with E-state index in [0.717, 1.165) is 0 Å². The van der Waals surface area contributed by atoms with E-state index in [1.54, 1.807) is 0 Å². The van der Waals surface area contributed by atoms with E-state index in [9.17, 15) is 0 Å². The lowest BCUT2D eigenvalue weighted by atomic mass is 9.92. The molecule has 0 unspecified atom stereocenters. The average Bonchev–Trinajstić information content (AvgIpc) is 3.52. The van der Waals surface area contributed by atoms with E-state index in [0.29, 0.717) is 0 Å². The number of benzene rings is 6. The number of fused-ring (bicyclic) bond motifs is 13. The molecule has 0 amide bonds. The van der Waals surface area contributed by atoms with Crippen LogP contribution in [0.25, 0.3) is 74.0 Å². The lowest BCUT2D eigenvalue weighted by molar-refractivity contribution is 1.84. The summed E-state index contributed by atoms with van der Waals surface area (Å²) in [6, 6.07) is 32.2. The molecule has 0 atom stereocenters. The molecule has 0 saturated heterocycles. The van der Waals surface area contributed by atoms with Crippen molar-refractivity contribution in [1.29, 1.82) is 0 Å². The molecule has 148 valence electrons. The van der Waals surface area contributed by atoms with Gasteiger partial charge in [-0.25, -0.2) is 0 Å². The molecule has 0 aliphatic rings. The molecule has 0 saturated carbocycles. The molecule has 8 aromatic rings. The van der Waals surface area contributed by atoms with Crippen LogP contribution in [0.5, 0.6) is 0 Å². The number of hydrogen-bond donors (Lipinski definition) is 0. The standard InChI is InChI=1S/C30H16S2/c1-3-21-20(6-8-25-23(21)9-11-29-27(25)13-15-31-29)18-2-4-22-19(17(1)18)5-7-26-24(22)10-12-30-28(26)14-16-32-30/h1-16H. The van der Waals surface area contributed by atoms with E-state index >= 15 is 0 Å². The normalized spacial score (nSPS) is 12.4. The molecule has 32 heavy (non-hydrogen) atoms. The second-order valence-electron chi connectivity index (χ2n) is 8.53. The fourth-order valence-corrected chi connectivity index (χ4v) is 7.18. The largest absolute Gasteiger partial charge is 0.144 e. The molecule has 8 rings (SSSR count). The highest BCUT2D eigenvalue weighted by atomic mass is 32.1. The summed E-state index contributed by atoms with van der Waals surface area (Å²) in [4.78, 5) is 0. The summed E-state index contributed by atoms with van der Waals surface area (Å²) in [7, 11) is 0. The third-order valence-corrected chi connectivity index (χ3v) is 8.82. The highest BCUT2D eigenvalue weighted by Crippen LogP contribution is 2.40. The first-order valence-electron chi connectivity index (χ1n) is 10.8. The molecule has 0 N–H and O–H groups in total. The fourth-order valence-electron chi connectivity index (χ4n) is 5.58. The Hall–Kier alpha value is -3.46. The third kappa shape index (κ3) is 2.11. The molecule has 0 aliphatic carbocycles. The maximum Gasteiger partial charge on any atom is 0.0349 e. The average molecular weight is 441 g/mol. The van der Waals surface area contributed by atoms with Crippen molar-refractivity contribution in [3.63, 3.8) is 0 Å². The Morgan fingerprint density at radius 2 is 0.500 bits per heavy atom. The molecule has 0 radical (unpaired) electrons. The maximum atomic E-state index is 2.33. The van der Waals surface area contributed by atoms with Crippen molar-refractivity contribution in [2.24, 2.45) is 0 Å². The van der Waals surface area contributed by atoms with E-state index in [4.69, 9.17) is 0 Å². The van der Waals surface area contributed by atoms with E-state index in [2.05, 4.69) is 95.7 Å². The zero-order chi connectivity index (χ0) is 20.8. The van der Waals surface area contributed by atoms with Crippen LogP contribution in [0.15, 0.2) is 95.7 Å². The van der Waals surface area contributed by atoms with Gasteiger partial charge < -0.3 is 0 Å². The highest BCUT2D eigenvalue weighted by Gasteiger charge is 2.11. The van der Waals surface area contributed by atoms with E-state index in [1.807, 2.05) is 22.7 Å². The lowest BCUT2D eigenvalue weighted by Gasteiger charge is -2.12. The van der Waals surface area contributed by atoms with Crippen molar-refractivity contribution >= 4 is 96.7 Å². The van der Waals surface area contributed by atoms with Gasteiger partial charge in [-0.05, 0) is 88.9 Å². The van der Waals surface area contributed by atoms with E-state index in [1.165, 1.54) is 74.0 Å². The summed E-state index contributed by atoms with van der Waals surface area (Å²) in [5.74, 6) is 0. The van der Waals surface area contributed by atoms with Crippen LogP contribution in [0, 0.1) is 0 Å². The first-order valence-corrected chi connectivity index (χ1v) is 12.6. The van der Waals surface area contributed by atoms with Crippen LogP contribution >= 0.6 is 22.7 Å². The van der Waals surface area contributed by atoms with Gasteiger partial charge in [-0.3, -0.25) is 0 Å². The Kier molecular flexibility index (Phi) is 3.25. The van der Waals surface area contributed by atoms with Crippen molar-refractivity contribution in [3.8, 4) is 0 Å². The van der Waals surface area contributed by atoms with Gasteiger partial charge >= 0.3 is 0 Å². The monoisotopic (exact) mass is 440 g/mol. The Balaban J connectivity index is 1.51. The Morgan fingerprint density at radius 1 is 0.250 bits per heavy atom. The zero-order valence-corrected chi connectivity index (χ0v) is 18.7. The molecule has 0 aliphatic heterocycles. The van der Waals surface area contributed by atoms with Gasteiger partial charge in [0.25, 0.3) is 0 Å². The summed E-state index contributed by atoms with van der Waals surface area (Å²) >= 11 is 3.63. The van der Waals surface area contributed by atoms with Crippen molar-refractivity contribution in [3.05, 3.63) is 95.7 Å². The molecular formula is C30H16S2. The number of rotatable bonds is 0. The van der Waals surface area contributed by atoms with Crippen LogP contribution in [0.1, 0.15) is 0 Å². The van der Waals surface area contributed by atoms with Gasteiger partial charge in [0.1, 0.15) is 0 Å². The predicted molar refractivity (Wildman–Crippen MR) is 145 cm³/mol. The summed E-state index contributed by atoms with van der Waals surface area (Å²) in [5.41, 5.74) is 0. The van der Waals surface area contributed by atoms with E-state index < -0.39 is 0 Å². The van der Waals surface area contributed by atoms with Crippen molar-refractivity contribution in [2.75, 3.05) is 0 Å². The lowest BCUT2D eigenvalue weighted by Crippen LogP contribution is -1.84. The van der Waals surface area contributed by atoms with Gasteiger partial charge in [0.2, 0.25) is 0 Å². The van der Waals surface area contributed by atoms with Crippen LogP contribution < -0.4 is 0 Å². The topological polar surface area (TPSA) is 0 Å². The van der Waals surface area contributed by atoms with Crippen LogP contribution in [-0.4, -0.2) is 0 Å². The van der Waals surface area contributed by atoms with Gasteiger partial charge in [-0.1, -0.05) is 60.7 Å². The van der Waals surface area contributed by atoms with Gasteiger partial charge in [-0.15, -0.1) is 22.7 Å². The van der Waals surface area contributed by atoms with Gasteiger partial charge in [-0.2, -0.15) is 0 Å². The minimum Gasteiger partial charge on any atom is -0.144 e. The second kappa shape index (κ2) is 6.07. The predicted octanol–water partition coefficient (Wildman–Crippen LogP) is 9.88. The second-order valence-corrected chi connectivity index (χ2v) is 10.4. The molecule has 0 fully saturated rings. The highest BCUT2D eigenvalue weighted by molar-refractivity contribution is 7.17. The van der Waals surface area contributed by atoms with Crippen LogP contribution in [-0.2, 0) is 0 Å². The molecule has 0 nitrogen and oxygen atoms in total. The van der Waals surface area contributed by atoms with Gasteiger partial charge in [0.05, 0.1) is 0 Å². The summed E-state index contributed by atoms with van der Waals surface area (Å²) < 4.78 is 2.71. The molecule has 0 bridgehead atoms. The van der Waals surface area contributed by atoms with Crippen molar-refractivity contribution < 1.29 is 0 Å². The molecule has 0 spiro atoms. The maximum absolute atomic E-state index is 2.33. The number of thiophene rings is 2. The van der Waals surface area contributed by atoms with Crippen molar-refractivity contribution in [1.82, 2.24) is 0 Å². The Morgan fingerprint density at radius 3 is 0.812 bits per heavy atom. The summed E-state index contributed by atoms with van der Waals surface area (Å²) in [6.07, 6.45) is 0. The Bertz CT molecular complexity index is 1890. The smallest absolute Gasteiger partial charge is 0.0349 e. The third-order valence-electron chi connectivity index (χ3n) is 7.05. The summed E-state index contributed by atoms with van der Waals surface area (Å²) in [5, 5.41) is 20.5. The molecule has 2 heterocycles. The van der Waals surface area contributed by atoms with Crippen molar-refractivity contribution in [2.45, 2.75) is 0 Å². The molecule has 2 aromatic heterocycles. The van der Waals surface area contributed by atoms with E-state index in [-0.39, 0.29) is 0 Å². The van der Waals surface area contributed by atoms with Crippen LogP contribution in [0.2, 0.25) is 0 Å². The van der Waals surface area contributed by atoms with Crippen LogP contribution in [0.3, 0.4) is 0 Å². The molecule has 6 aromatic carbocycles. The number of hydrogen-bond acceptors (Lipinski definition) is 2.